The van der Waals surface area contributed by atoms with E-state index in [-0.39, 0.29) is 0 Å². The Balaban J connectivity index is 1.65. The van der Waals surface area contributed by atoms with Gasteiger partial charge in [0.05, 0.1) is 0 Å². The molecular weight excluding hydrogens is 264 g/mol. The average molecular weight is 292 g/mol. The second-order valence-electron chi connectivity index (χ2n) is 7.09. The molecule has 0 aromatic carbocycles. The molecule has 1 aliphatic carbocycles. The van der Waals surface area contributed by atoms with E-state index in [4.69, 9.17) is 4.52 Å². The van der Waals surface area contributed by atoms with Crippen LogP contribution in [-0.4, -0.2) is 46.3 Å². The number of nitrogens with one attached hydrogen (secondary N) is 1. The first kappa shape index (κ1) is 15.0. The molecule has 0 bridgehead atoms. The highest BCUT2D eigenvalue weighted by molar-refractivity contribution is 5.00. The van der Waals surface area contributed by atoms with Crippen molar-refractivity contribution in [1.82, 2.24) is 20.4 Å². The van der Waals surface area contributed by atoms with E-state index in [1.54, 1.807) is 0 Å². The van der Waals surface area contributed by atoms with Gasteiger partial charge in [0.15, 0.2) is 6.33 Å². The van der Waals surface area contributed by atoms with Crippen molar-refractivity contribution in [3.05, 3.63) is 12.2 Å². The molecule has 1 aliphatic heterocycles. The number of aromatic nitrogens is 2. The third-order valence-electron chi connectivity index (χ3n) is 5.26. The van der Waals surface area contributed by atoms with Crippen molar-refractivity contribution in [2.45, 2.75) is 64.0 Å². The average Bonchev–Trinajstić information content (AvgIpc) is 2.99. The van der Waals surface area contributed by atoms with E-state index in [9.17, 15) is 0 Å². The minimum absolute atomic E-state index is 0.360. The molecule has 1 atom stereocenters. The third kappa shape index (κ3) is 3.46. The summed E-state index contributed by atoms with van der Waals surface area (Å²) in [6.45, 7) is 7.95. The van der Waals surface area contributed by atoms with E-state index in [2.05, 4.69) is 34.2 Å². The fraction of sp³-hybridized carbons (Fsp3) is 0.875. The lowest BCUT2D eigenvalue weighted by Crippen LogP contribution is -2.66. The Bertz CT molecular complexity index is 425. The molecule has 118 valence electrons. The molecule has 5 heteroatoms. The van der Waals surface area contributed by atoms with Crippen molar-refractivity contribution in [2.75, 3.05) is 19.6 Å². The summed E-state index contributed by atoms with van der Waals surface area (Å²) < 4.78 is 5.15. The van der Waals surface area contributed by atoms with Crippen molar-refractivity contribution >= 4 is 0 Å². The molecule has 1 saturated heterocycles. The van der Waals surface area contributed by atoms with Crippen LogP contribution in [0.5, 0.6) is 0 Å². The van der Waals surface area contributed by atoms with E-state index in [1.807, 2.05) is 0 Å². The summed E-state index contributed by atoms with van der Waals surface area (Å²) in [5, 5.41) is 7.60. The van der Waals surface area contributed by atoms with Crippen molar-refractivity contribution in [1.29, 1.82) is 0 Å². The molecule has 0 radical (unpaired) electrons. The second-order valence-corrected chi connectivity index (χ2v) is 7.09. The number of hydrogen-bond acceptors (Lipinski definition) is 5. The molecule has 1 aromatic heterocycles. The predicted octanol–water partition coefficient (Wildman–Crippen LogP) is 2.24. The molecule has 5 nitrogen and oxygen atoms in total. The second kappa shape index (κ2) is 6.44. The minimum Gasteiger partial charge on any atom is -0.340 e. The molecule has 1 N–H and O–H groups in total. The Morgan fingerprint density at radius 3 is 2.86 bits per heavy atom. The van der Waals surface area contributed by atoms with E-state index in [0.717, 1.165) is 25.4 Å². The van der Waals surface area contributed by atoms with Gasteiger partial charge in [0, 0.05) is 37.6 Å². The quantitative estimate of drug-likeness (QED) is 0.922. The molecular formula is C16H28N4O. The summed E-state index contributed by atoms with van der Waals surface area (Å²) in [5.74, 6) is 1.43. The van der Waals surface area contributed by atoms with Gasteiger partial charge in [0.1, 0.15) is 0 Å². The van der Waals surface area contributed by atoms with Gasteiger partial charge in [-0.2, -0.15) is 4.98 Å². The number of nitrogens with zero attached hydrogens (tertiary/aromatic N) is 3. The molecule has 21 heavy (non-hydrogen) atoms. The van der Waals surface area contributed by atoms with Crippen molar-refractivity contribution in [2.24, 2.45) is 5.92 Å². The first-order valence-electron chi connectivity index (χ1n) is 8.43. The molecule has 2 aliphatic rings. The van der Waals surface area contributed by atoms with Crippen LogP contribution in [0, 0.1) is 5.92 Å². The van der Waals surface area contributed by atoms with Gasteiger partial charge < -0.3 is 9.84 Å². The van der Waals surface area contributed by atoms with Crippen LogP contribution in [0.3, 0.4) is 0 Å². The highest BCUT2D eigenvalue weighted by Crippen LogP contribution is 2.33. The molecule has 3 rings (SSSR count). The van der Waals surface area contributed by atoms with Gasteiger partial charge in [-0.1, -0.05) is 38.3 Å². The summed E-state index contributed by atoms with van der Waals surface area (Å²) in [7, 11) is 0. The van der Waals surface area contributed by atoms with Crippen LogP contribution in [0.15, 0.2) is 10.9 Å². The smallest absolute Gasteiger partial charge is 0.227 e. The highest BCUT2D eigenvalue weighted by Gasteiger charge is 2.40. The zero-order chi connectivity index (χ0) is 14.7. The molecule has 0 amide bonds. The fourth-order valence-corrected chi connectivity index (χ4v) is 4.02. The fourth-order valence-electron chi connectivity index (χ4n) is 4.02. The maximum Gasteiger partial charge on any atom is 0.227 e. The van der Waals surface area contributed by atoms with Crippen LogP contribution in [0.4, 0.5) is 0 Å². The maximum absolute atomic E-state index is 5.15. The first-order chi connectivity index (χ1) is 10.2. The largest absolute Gasteiger partial charge is 0.340 e. The minimum atomic E-state index is 0.360. The molecule has 1 aromatic rings. The first-order valence-corrected chi connectivity index (χ1v) is 8.43. The molecule has 1 spiro atoms. The summed E-state index contributed by atoms with van der Waals surface area (Å²) >= 11 is 0. The Kier molecular flexibility index (Phi) is 4.60. The Labute approximate surface area is 127 Å². The lowest BCUT2D eigenvalue weighted by Gasteiger charge is -2.51. The van der Waals surface area contributed by atoms with Crippen LogP contribution in [0.25, 0.3) is 0 Å². The number of hydrogen-bond donors (Lipinski definition) is 1. The summed E-state index contributed by atoms with van der Waals surface area (Å²) in [6.07, 6.45) is 9.16. The Morgan fingerprint density at radius 2 is 2.19 bits per heavy atom. The monoisotopic (exact) mass is 292 g/mol. The van der Waals surface area contributed by atoms with Crippen LogP contribution >= 0.6 is 0 Å². The predicted molar refractivity (Wildman–Crippen MR) is 82.0 cm³/mol. The maximum atomic E-state index is 5.15. The van der Waals surface area contributed by atoms with Gasteiger partial charge in [-0.3, -0.25) is 4.90 Å². The van der Waals surface area contributed by atoms with Gasteiger partial charge in [0.2, 0.25) is 5.89 Å². The summed E-state index contributed by atoms with van der Waals surface area (Å²) in [5.41, 5.74) is 0.360. The molecule has 2 fully saturated rings. The standard InChI is InChI=1S/C16H28N4O/c1-13(2)14-10-18-16(7-4-3-5-8-16)11-20(14)9-6-15-17-12-19-21-15/h12-14,18H,3-11H2,1-2H3. The lowest BCUT2D eigenvalue weighted by molar-refractivity contribution is 0.0360. The molecule has 1 saturated carbocycles. The van der Waals surface area contributed by atoms with Crippen LogP contribution in [-0.2, 0) is 6.42 Å². The zero-order valence-electron chi connectivity index (χ0n) is 13.3. The molecule has 2 heterocycles. The van der Waals surface area contributed by atoms with Crippen LogP contribution in [0.1, 0.15) is 51.8 Å². The van der Waals surface area contributed by atoms with Gasteiger partial charge in [-0.15, -0.1) is 0 Å². The highest BCUT2D eigenvalue weighted by atomic mass is 16.5. The Hall–Kier alpha value is -0.940. The van der Waals surface area contributed by atoms with Crippen molar-refractivity contribution < 1.29 is 4.52 Å². The van der Waals surface area contributed by atoms with Crippen LogP contribution in [0.2, 0.25) is 0 Å². The molecule has 1 unspecified atom stereocenters. The third-order valence-corrected chi connectivity index (χ3v) is 5.26. The van der Waals surface area contributed by atoms with Crippen molar-refractivity contribution in [3.8, 4) is 0 Å². The van der Waals surface area contributed by atoms with Gasteiger partial charge in [-0.05, 0) is 18.8 Å². The number of rotatable bonds is 4. The van der Waals surface area contributed by atoms with Crippen molar-refractivity contribution in [3.63, 3.8) is 0 Å². The summed E-state index contributed by atoms with van der Waals surface area (Å²) in [6, 6.07) is 0.612. The van der Waals surface area contributed by atoms with E-state index < -0.39 is 0 Å². The normalized spacial score (nSPS) is 26.5. The Morgan fingerprint density at radius 1 is 1.38 bits per heavy atom. The topological polar surface area (TPSA) is 54.2 Å². The summed E-state index contributed by atoms with van der Waals surface area (Å²) in [4.78, 5) is 6.82. The lowest BCUT2D eigenvalue weighted by atomic mass is 9.78. The van der Waals surface area contributed by atoms with Gasteiger partial charge >= 0.3 is 0 Å². The SMILES string of the molecule is CC(C)C1CNC2(CCCCC2)CN1CCc1ncno1. The van der Waals surface area contributed by atoms with E-state index in [1.165, 1.54) is 45.0 Å². The zero-order valence-corrected chi connectivity index (χ0v) is 13.3. The number of piperazine rings is 1. The van der Waals surface area contributed by atoms with Gasteiger partial charge in [-0.25, -0.2) is 0 Å². The van der Waals surface area contributed by atoms with E-state index in [0.29, 0.717) is 17.5 Å². The van der Waals surface area contributed by atoms with E-state index >= 15 is 0 Å². The van der Waals surface area contributed by atoms with Gasteiger partial charge in [0.25, 0.3) is 0 Å². The van der Waals surface area contributed by atoms with Crippen LogP contribution < -0.4 is 5.32 Å².